The third-order valence-electron chi connectivity index (χ3n) is 10.4. The maximum Gasteiger partial charge on any atom is 0.142 e. The molecule has 0 N–H and O–H groups in total. The molecule has 0 spiro atoms. The van der Waals surface area contributed by atoms with Crippen LogP contribution in [0.1, 0.15) is 106 Å². The second kappa shape index (κ2) is 9.91. The molecule has 0 aromatic carbocycles. The average molecular weight is 415 g/mol. The lowest BCUT2D eigenvalue weighted by atomic mass is 9.45. The van der Waals surface area contributed by atoms with Gasteiger partial charge in [0.1, 0.15) is 6.29 Å². The van der Waals surface area contributed by atoms with Gasteiger partial charge in [0.25, 0.3) is 0 Å². The fraction of sp³-hybridized carbons (Fsp3) is 0.897. The highest BCUT2D eigenvalue weighted by Crippen LogP contribution is 2.76. The van der Waals surface area contributed by atoms with E-state index in [2.05, 4.69) is 34.6 Å². The Balaban J connectivity index is 0.00000124. The summed E-state index contributed by atoms with van der Waals surface area (Å²) in [6, 6.07) is 0. The number of carbonyl (C=O) groups is 1. The van der Waals surface area contributed by atoms with E-state index in [1.165, 1.54) is 56.9 Å². The van der Waals surface area contributed by atoms with E-state index in [0.717, 1.165) is 47.7 Å². The normalized spacial score (nSPS) is 47.6. The zero-order chi connectivity index (χ0) is 22.1. The van der Waals surface area contributed by atoms with Crippen LogP contribution in [0.3, 0.4) is 0 Å². The highest BCUT2D eigenvalue weighted by atomic mass is 16.1. The minimum absolute atomic E-state index is 0.586. The van der Waals surface area contributed by atoms with Crippen molar-refractivity contribution in [2.45, 2.75) is 106 Å². The molecule has 0 aliphatic heterocycles. The Labute approximate surface area is 187 Å². The number of hydrogen-bond donors (Lipinski definition) is 0. The van der Waals surface area contributed by atoms with Gasteiger partial charge >= 0.3 is 0 Å². The molecule has 4 rings (SSSR count). The number of carbonyl (C=O) groups excluding carboxylic acids is 1. The summed E-state index contributed by atoms with van der Waals surface area (Å²) in [4.78, 5) is 11.4. The average Bonchev–Trinajstić information content (AvgIpc) is 3.50. The first-order valence-corrected chi connectivity index (χ1v) is 13.7. The van der Waals surface area contributed by atoms with Crippen molar-refractivity contribution in [3.8, 4) is 0 Å². The van der Waals surface area contributed by atoms with Crippen LogP contribution in [0, 0.1) is 58.7 Å². The van der Waals surface area contributed by atoms with Gasteiger partial charge in [-0.25, -0.2) is 0 Å². The molecule has 30 heavy (non-hydrogen) atoms. The van der Waals surface area contributed by atoms with Crippen molar-refractivity contribution >= 4 is 6.29 Å². The van der Waals surface area contributed by atoms with Crippen LogP contribution in [0.25, 0.3) is 0 Å². The quantitative estimate of drug-likeness (QED) is 0.302. The second-order valence-electron chi connectivity index (χ2n) is 11.1. The Morgan fingerprint density at radius 1 is 1.00 bits per heavy atom. The number of unbranched alkanes of at least 4 members (excludes halogenated alkanes) is 1. The molecule has 4 saturated carbocycles. The minimum Gasteiger partial charge on any atom is -0.299 e. The molecule has 0 aromatic rings. The van der Waals surface area contributed by atoms with E-state index in [1.807, 2.05) is 19.9 Å². The minimum atomic E-state index is 0.586. The van der Waals surface area contributed by atoms with Gasteiger partial charge in [-0.15, -0.1) is 0 Å². The zero-order valence-electron chi connectivity index (χ0n) is 21.1. The molecule has 10 atom stereocenters. The SMILES string of the molecule is CC.CCCCC1C2CC2C2C3C(C)C(C)/C(=C/C=O)C(CCC)C3CCC12CC. The van der Waals surface area contributed by atoms with Gasteiger partial charge in [-0.05, 0) is 103 Å². The molecular formula is C29H50O. The molecular weight excluding hydrogens is 364 g/mol. The summed E-state index contributed by atoms with van der Waals surface area (Å²) in [6.45, 7) is 16.2. The predicted octanol–water partition coefficient (Wildman–Crippen LogP) is 8.33. The van der Waals surface area contributed by atoms with Gasteiger partial charge in [-0.1, -0.05) is 73.3 Å². The van der Waals surface area contributed by atoms with Crippen LogP contribution in [-0.2, 0) is 4.79 Å². The van der Waals surface area contributed by atoms with Crippen molar-refractivity contribution in [2.75, 3.05) is 0 Å². The molecule has 4 aliphatic carbocycles. The molecule has 4 fully saturated rings. The van der Waals surface area contributed by atoms with Crippen LogP contribution in [0.5, 0.6) is 0 Å². The fourth-order valence-electron chi connectivity index (χ4n) is 9.18. The molecule has 1 heteroatoms. The lowest BCUT2D eigenvalue weighted by Gasteiger charge is -2.59. The molecule has 1 nitrogen and oxygen atoms in total. The molecule has 172 valence electrons. The van der Waals surface area contributed by atoms with Crippen LogP contribution in [0.15, 0.2) is 11.6 Å². The van der Waals surface area contributed by atoms with E-state index >= 15 is 0 Å². The Morgan fingerprint density at radius 3 is 2.33 bits per heavy atom. The molecule has 0 saturated heterocycles. The standard InChI is InChI=1S/C27H44O.C2H6/c1-6-9-11-24-22-16-23(22)26-25-18(5)17(4)19(13-15-28)20(10-7-2)21(25)12-14-27(24,26)8-3;1-2/h13,15,17-18,20-26H,6-12,14,16H2,1-5H3;1-2H3/b19-13-;. The van der Waals surface area contributed by atoms with Gasteiger partial charge in [-0.2, -0.15) is 0 Å². The Hall–Kier alpha value is -0.590. The summed E-state index contributed by atoms with van der Waals surface area (Å²) < 4.78 is 0. The van der Waals surface area contributed by atoms with Crippen molar-refractivity contribution in [1.82, 2.24) is 0 Å². The lowest BCUT2D eigenvalue weighted by Crippen LogP contribution is -2.53. The van der Waals surface area contributed by atoms with Crippen molar-refractivity contribution in [3.63, 3.8) is 0 Å². The number of hydrogen-bond acceptors (Lipinski definition) is 1. The molecule has 10 unspecified atom stereocenters. The van der Waals surface area contributed by atoms with Crippen LogP contribution in [0.2, 0.25) is 0 Å². The molecule has 0 heterocycles. The summed E-state index contributed by atoms with van der Waals surface area (Å²) in [5, 5.41) is 0. The van der Waals surface area contributed by atoms with E-state index in [1.54, 1.807) is 6.42 Å². The van der Waals surface area contributed by atoms with Crippen molar-refractivity contribution in [2.24, 2.45) is 58.7 Å². The smallest absolute Gasteiger partial charge is 0.142 e. The van der Waals surface area contributed by atoms with Crippen LogP contribution in [0.4, 0.5) is 0 Å². The summed E-state index contributed by atoms with van der Waals surface area (Å²) >= 11 is 0. The van der Waals surface area contributed by atoms with Gasteiger partial charge in [0.2, 0.25) is 0 Å². The first kappa shape index (κ1) is 24.1. The van der Waals surface area contributed by atoms with Crippen molar-refractivity contribution < 1.29 is 4.79 Å². The van der Waals surface area contributed by atoms with E-state index in [-0.39, 0.29) is 0 Å². The van der Waals surface area contributed by atoms with E-state index < -0.39 is 0 Å². The summed E-state index contributed by atoms with van der Waals surface area (Å²) in [5.74, 6) is 7.86. The topological polar surface area (TPSA) is 17.1 Å². The van der Waals surface area contributed by atoms with E-state index in [9.17, 15) is 4.79 Å². The number of fused-ring (bicyclic) bond motifs is 5. The van der Waals surface area contributed by atoms with Gasteiger partial charge in [0.05, 0.1) is 0 Å². The first-order chi connectivity index (χ1) is 14.6. The number of aldehydes is 1. The van der Waals surface area contributed by atoms with Gasteiger partial charge in [0, 0.05) is 0 Å². The van der Waals surface area contributed by atoms with E-state index in [4.69, 9.17) is 0 Å². The van der Waals surface area contributed by atoms with Crippen LogP contribution < -0.4 is 0 Å². The Bertz CT molecular complexity index is 605. The molecule has 0 radical (unpaired) electrons. The number of allylic oxidation sites excluding steroid dienone is 2. The molecule has 0 amide bonds. The molecule has 0 bridgehead atoms. The maximum atomic E-state index is 11.4. The third-order valence-corrected chi connectivity index (χ3v) is 10.4. The van der Waals surface area contributed by atoms with Crippen LogP contribution >= 0.6 is 0 Å². The second-order valence-corrected chi connectivity index (χ2v) is 11.1. The highest BCUT2D eigenvalue weighted by Gasteiger charge is 2.70. The Kier molecular flexibility index (Phi) is 7.95. The van der Waals surface area contributed by atoms with Gasteiger partial charge < -0.3 is 0 Å². The first-order valence-electron chi connectivity index (χ1n) is 13.7. The van der Waals surface area contributed by atoms with Crippen molar-refractivity contribution in [3.05, 3.63) is 11.6 Å². The summed E-state index contributed by atoms with van der Waals surface area (Å²) in [7, 11) is 0. The lowest BCUT2D eigenvalue weighted by molar-refractivity contribution is -0.104. The monoisotopic (exact) mass is 414 g/mol. The largest absolute Gasteiger partial charge is 0.299 e. The van der Waals surface area contributed by atoms with Crippen molar-refractivity contribution in [1.29, 1.82) is 0 Å². The zero-order valence-corrected chi connectivity index (χ0v) is 21.1. The number of rotatable bonds is 7. The highest BCUT2D eigenvalue weighted by molar-refractivity contribution is 5.66. The summed E-state index contributed by atoms with van der Waals surface area (Å²) in [6.07, 6.45) is 15.7. The van der Waals surface area contributed by atoms with Gasteiger partial charge in [0.15, 0.2) is 0 Å². The van der Waals surface area contributed by atoms with Crippen LogP contribution in [-0.4, -0.2) is 6.29 Å². The van der Waals surface area contributed by atoms with Gasteiger partial charge in [-0.3, -0.25) is 4.79 Å². The molecule has 4 aliphatic rings. The molecule has 0 aromatic heterocycles. The Morgan fingerprint density at radius 2 is 1.73 bits per heavy atom. The summed E-state index contributed by atoms with van der Waals surface area (Å²) in [5.41, 5.74) is 2.16. The maximum absolute atomic E-state index is 11.4. The third kappa shape index (κ3) is 3.65. The fourth-order valence-corrected chi connectivity index (χ4v) is 9.18. The van der Waals surface area contributed by atoms with E-state index in [0.29, 0.717) is 17.3 Å². The predicted molar refractivity (Wildman–Crippen MR) is 129 cm³/mol.